The molecule has 1 unspecified atom stereocenters. The van der Waals surface area contributed by atoms with Crippen LogP contribution in [0.3, 0.4) is 0 Å². The maximum Gasteiger partial charge on any atom is 0.336 e. The van der Waals surface area contributed by atoms with Gasteiger partial charge < -0.3 is 15.2 Å². The Morgan fingerprint density at radius 1 is 1.35 bits per heavy atom. The molecule has 4 nitrogen and oxygen atoms in total. The van der Waals surface area contributed by atoms with Gasteiger partial charge >= 0.3 is 5.97 Å². The third kappa shape index (κ3) is 4.97. The summed E-state index contributed by atoms with van der Waals surface area (Å²) in [5.41, 5.74) is 6.60. The number of benzene rings is 1. The molecule has 0 amide bonds. The van der Waals surface area contributed by atoms with E-state index in [0.29, 0.717) is 6.61 Å². The Bertz CT molecular complexity index is 323. The number of carbonyl (C=O) groups excluding carboxylic acids is 1. The van der Waals surface area contributed by atoms with Crippen molar-refractivity contribution in [3.63, 3.8) is 0 Å². The van der Waals surface area contributed by atoms with Crippen molar-refractivity contribution in [2.75, 3.05) is 20.3 Å². The minimum Gasteiger partial charge on any atom is -0.464 e. The van der Waals surface area contributed by atoms with Gasteiger partial charge in [0.25, 0.3) is 0 Å². The average molecular weight is 237 g/mol. The average Bonchev–Trinajstić information content (AvgIpc) is 2.37. The Morgan fingerprint density at radius 3 is 2.65 bits per heavy atom. The third-order valence-corrected chi connectivity index (χ3v) is 2.46. The summed E-state index contributed by atoms with van der Waals surface area (Å²) in [5, 5.41) is 0. The zero-order valence-corrected chi connectivity index (χ0v) is 10.1. The zero-order valence-electron chi connectivity index (χ0n) is 10.1. The summed E-state index contributed by atoms with van der Waals surface area (Å²) < 4.78 is 9.94. The molecule has 0 aliphatic heterocycles. The van der Waals surface area contributed by atoms with Gasteiger partial charge in [0.05, 0.1) is 6.61 Å². The van der Waals surface area contributed by atoms with E-state index in [1.54, 1.807) is 0 Å². The van der Waals surface area contributed by atoms with Crippen LogP contribution in [0.4, 0.5) is 0 Å². The Hall–Kier alpha value is -1.39. The molecule has 0 radical (unpaired) electrons. The normalized spacial score (nSPS) is 12.1. The summed E-state index contributed by atoms with van der Waals surface area (Å²) in [5.74, 6) is -0.386. The quantitative estimate of drug-likeness (QED) is 0.570. The molecule has 1 aromatic rings. The number of nitrogens with two attached hydrogens (primary N) is 1. The molecule has 4 heteroatoms. The molecule has 0 aliphatic rings. The molecule has 0 bridgehead atoms. The number of rotatable bonds is 7. The SMILES string of the molecule is COC(CN)C(=O)OCCCc1ccccc1. The number of aryl methyl sites for hydroxylation is 1. The van der Waals surface area contributed by atoms with Gasteiger partial charge in [-0.25, -0.2) is 4.79 Å². The molecular weight excluding hydrogens is 218 g/mol. The molecule has 0 saturated heterocycles. The monoisotopic (exact) mass is 237 g/mol. The van der Waals surface area contributed by atoms with Crippen LogP contribution in [-0.4, -0.2) is 32.3 Å². The molecule has 1 atom stereocenters. The van der Waals surface area contributed by atoms with E-state index in [4.69, 9.17) is 15.2 Å². The molecule has 0 spiro atoms. The van der Waals surface area contributed by atoms with E-state index in [0.717, 1.165) is 12.8 Å². The van der Waals surface area contributed by atoms with Crippen LogP contribution >= 0.6 is 0 Å². The number of ether oxygens (including phenoxy) is 2. The van der Waals surface area contributed by atoms with Crippen LogP contribution in [0.5, 0.6) is 0 Å². The number of carbonyl (C=O) groups is 1. The van der Waals surface area contributed by atoms with Gasteiger partial charge in [0.2, 0.25) is 0 Å². The van der Waals surface area contributed by atoms with Gasteiger partial charge in [0, 0.05) is 13.7 Å². The van der Waals surface area contributed by atoms with Crippen molar-refractivity contribution in [1.29, 1.82) is 0 Å². The minimum atomic E-state index is -0.647. The van der Waals surface area contributed by atoms with Crippen LogP contribution in [0.1, 0.15) is 12.0 Å². The van der Waals surface area contributed by atoms with E-state index in [2.05, 4.69) is 12.1 Å². The van der Waals surface area contributed by atoms with E-state index >= 15 is 0 Å². The van der Waals surface area contributed by atoms with Crippen LogP contribution in [-0.2, 0) is 20.7 Å². The second-order valence-corrected chi connectivity index (χ2v) is 3.72. The summed E-state index contributed by atoms with van der Waals surface area (Å²) in [4.78, 5) is 11.4. The Labute approximate surface area is 102 Å². The molecule has 0 saturated carbocycles. The lowest BCUT2D eigenvalue weighted by Gasteiger charge is -2.12. The first kappa shape index (κ1) is 13.7. The van der Waals surface area contributed by atoms with Crippen molar-refractivity contribution in [3.05, 3.63) is 35.9 Å². The summed E-state index contributed by atoms with van der Waals surface area (Å²) in [7, 11) is 1.45. The number of hydrogen-bond donors (Lipinski definition) is 1. The molecule has 1 aromatic carbocycles. The van der Waals surface area contributed by atoms with Gasteiger partial charge in [-0.1, -0.05) is 30.3 Å². The minimum absolute atomic E-state index is 0.147. The lowest BCUT2D eigenvalue weighted by molar-refractivity contribution is -0.154. The van der Waals surface area contributed by atoms with Crippen molar-refractivity contribution >= 4 is 5.97 Å². The highest BCUT2D eigenvalue weighted by molar-refractivity contribution is 5.74. The fourth-order valence-electron chi connectivity index (χ4n) is 1.48. The zero-order chi connectivity index (χ0) is 12.5. The molecular formula is C13H19NO3. The van der Waals surface area contributed by atoms with Gasteiger partial charge in [0.15, 0.2) is 6.10 Å². The number of methoxy groups -OCH3 is 1. The smallest absolute Gasteiger partial charge is 0.336 e. The Balaban J connectivity index is 2.18. The molecule has 17 heavy (non-hydrogen) atoms. The van der Waals surface area contributed by atoms with Crippen LogP contribution in [0.15, 0.2) is 30.3 Å². The van der Waals surface area contributed by atoms with Crippen LogP contribution in [0.25, 0.3) is 0 Å². The molecule has 0 fully saturated rings. The van der Waals surface area contributed by atoms with E-state index in [-0.39, 0.29) is 12.5 Å². The van der Waals surface area contributed by atoms with Gasteiger partial charge in [-0.15, -0.1) is 0 Å². The third-order valence-electron chi connectivity index (χ3n) is 2.46. The highest BCUT2D eigenvalue weighted by Crippen LogP contribution is 2.03. The standard InChI is InChI=1S/C13H19NO3/c1-16-12(10-14)13(15)17-9-5-8-11-6-3-2-4-7-11/h2-4,6-7,12H,5,8-10,14H2,1H3. The maximum atomic E-state index is 11.4. The van der Waals surface area contributed by atoms with Gasteiger partial charge in [0.1, 0.15) is 0 Å². The fourth-order valence-corrected chi connectivity index (χ4v) is 1.48. The van der Waals surface area contributed by atoms with Crippen molar-refractivity contribution in [2.24, 2.45) is 5.73 Å². The predicted molar refractivity (Wildman–Crippen MR) is 65.6 cm³/mol. The molecule has 0 aromatic heterocycles. The predicted octanol–water partition coefficient (Wildman–Crippen LogP) is 1.14. The van der Waals surface area contributed by atoms with Crippen LogP contribution < -0.4 is 5.73 Å². The first-order valence-corrected chi connectivity index (χ1v) is 5.71. The van der Waals surface area contributed by atoms with Crippen molar-refractivity contribution < 1.29 is 14.3 Å². The highest BCUT2D eigenvalue weighted by atomic mass is 16.6. The summed E-state index contributed by atoms with van der Waals surface area (Å²) in [6, 6.07) is 10.1. The molecule has 0 aliphatic carbocycles. The Kier molecular flexibility index (Phi) is 6.29. The van der Waals surface area contributed by atoms with Crippen molar-refractivity contribution in [1.82, 2.24) is 0 Å². The number of hydrogen-bond acceptors (Lipinski definition) is 4. The van der Waals surface area contributed by atoms with Crippen LogP contribution in [0.2, 0.25) is 0 Å². The summed E-state index contributed by atoms with van der Waals surface area (Å²) in [6.07, 6.45) is 1.05. The number of esters is 1. The van der Waals surface area contributed by atoms with E-state index in [1.807, 2.05) is 18.2 Å². The molecule has 0 heterocycles. The van der Waals surface area contributed by atoms with Crippen molar-refractivity contribution in [3.8, 4) is 0 Å². The Morgan fingerprint density at radius 2 is 2.06 bits per heavy atom. The molecule has 2 N–H and O–H groups in total. The summed E-state index contributed by atoms with van der Waals surface area (Å²) >= 11 is 0. The van der Waals surface area contributed by atoms with Gasteiger partial charge in [-0.05, 0) is 18.4 Å². The fraction of sp³-hybridized carbons (Fsp3) is 0.462. The van der Waals surface area contributed by atoms with E-state index in [1.165, 1.54) is 12.7 Å². The second kappa shape index (κ2) is 7.81. The lowest BCUT2D eigenvalue weighted by Crippen LogP contribution is -2.33. The molecule has 1 rings (SSSR count). The highest BCUT2D eigenvalue weighted by Gasteiger charge is 2.16. The van der Waals surface area contributed by atoms with Gasteiger partial charge in [-0.3, -0.25) is 0 Å². The van der Waals surface area contributed by atoms with E-state index in [9.17, 15) is 4.79 Å². The second-order valence-electron chi connectivity index (χ2n) is 3.72. The van der Waals surface area contributed by atoms with E-state index < -0.39 is 6.10 Å². The van der Waals surface area contributed by atoms with Crippen LogP contribution in [0, 0.1) is 0 Å². The van der Waals surface area contributed by atoms with Gasteiger partial charge in [-0.2, -0.15) is 0 Å². The first-order valence-electron chi connectivity index (χ1n) is 5.71. The molecule has 94 valence electrons. The topological polar surface area (TPSA) is 61.5 Å². The van der Waals surface area contributed by atoms with Crippen molar-refractivity contribution in [2.45, 2.75) is 18.9 Å². The summed E-state index contributed by atoms with van der Waals surface area (Å²) in [6.45, 7) is 0.543. The lowest BCUT2D eigenvalue weighted by atomic mass is 10.1. The maximum absolute atomic E-state index is 11.4. The largest absolute Gasteiger partial charge is 0.464 e. The first-order chi connectivity index (χ1) is 8.27.